The van der Waals surface area contributed by atoms with Crippen LogP contribution in [-0.4, -0.2) is 80.3 Å². The number of ether oxygens (including phenoxy) is 2. The number of hydrogen-bond donors (Lipinski definition) is 1. The molecule has 4 rings (SSSR count). The van der Waals surface area contributed by atoms with Gasteiger partial charge in [-0.25, -0.2) is 8.78 Å². The lowest BCUT2D eigenvalue weighted by molar-refractivity contribution is -0.138. The number of carbonyl (C=O) groups is 1. The zero-order valence-corrected chi connectivity index (χ0v) is 18.9. The highest BCUT2D eigenvalue weighted by atomic mass is 19.2. The standard InChI is InChI=1S/C25H28F2N4O3/c26-23-7-4-19(12-24(23)27)25(32)29-8-10-31-16-21-14-30(15-22(17-31)34-21)9-1-11-33-20-5-2-18(13-28)3-6-20/h2-7,12,21-22H,1,8-11,14-17H2,(H,29,32). The topological polar surface area (TPSA) is 77.8 Å². The molecule has 9 heteroatoms. The monoisotopic (exact) mass is 470 g/mol. The van der Waals surface area contributed by atoms with Gasteiger partial charge in [-0.3, -0.25) is 14.6 Å². The lowest BCUT2D eigenvalue weighted by Gasteiger charge is -2.46. The van der Waals surface area contributed by atoms with E-state index in [0.29, 0.717) is 25.3 Å². The van der Waals surface area contributed by atoms with Gasteiger partial charge in [0.15, 0.2) is 11.6 Å². The number of nitriles is 1. The third-order valence-electron chi connectivity index (χ3n) is 6.00. The molecule has 0 aliphatic carbocycles. The second-order valence-electron chi connectivity index (χ2n) is 8.62. The highest BCUT2D eigenvalue weighted by molar-refractivity contribution is 5.94. The van der Waals surface area contributed by atoms with Crippen molar-refractivity contribution in [1.82, 2.24) is 15.1 Å². The summed E-state index contributed by atoms with van der Waals surface area (Å²) in [6, 6.07) is 12.4. The molecule has 7 nitrogen and oxygen atoms in total. The molecular formula is C25H28F2N4O3. The zero-order chi connectivity index (χ0) is 23.9. The number of hydrogen-bond acceptors (Lipinski definition) is 6. The fourth-order valence-corrected chi connectivity index (χ4v) is 4.40. The maximum atomic E-state index is 13.3. The molecule has 0 saturated carbocycles. The minimum Gasteiger partial charge on any atom is -0.494 e. The Labute approximate surface area is 197 Å². The van der Waals surface area contributed by atoms with Crippen molar-refractivity contribution >= 4 is 5.91 Å². The van der Waals surface area contributed by atoms with Gasteiger partial charge in [0, 0.05) is 51.4 Å². The van der Waals surface area contributed by atoms with Crippen molar-refractivity contribution in [2.45, 2.75) is 18.6 Å². The number of amides is 1. The Kier molecular flexibility index (Phi) is 8.06. The SMILES string of the molecule is N#Cc1ccc(OCCCN2CC3CN(CCNC(=O)c4ccc(F)c(F)c4)CC(C2)O3)cc1. The number of morpholine rings is 2. The molecular weight excluding hydrogens is 442 g/mol. The first-order valence-corrected chi connectivity index (χ1v) is 11.5. The lowest BCUT2D eigenvalue weighted by atomic mass is 10.1. The summed E-state index contributed by atoms with van der Waals surface area (Å²) in [5, 5.41) is 11.6. The molecule has 0 radical (unpaired) electrons. The molecule has 2 aromatic rings. The molecule has 2 unspecified atom stereocenters. The van der Waals surface area contributed by atoms with E-state index in [0.717, 1.165) is 57.0 Å². The third-order valence-corrected chi connectivity index (χ3v) is 6.00. The van der Waals surface area contributed by atoms with Crippen molar-refractivity contribution in [1.29, 1.82) is 5.26 Å². The first kappa shape index (κ1) is 24.1. The molecule has 0 aromatic heterocycles. The van der Waals surface area contributed by atoms with Gasteiger partial charge >= 0.3 is 0 Å². The van der Waals surface area contributed by atoms with Crippen LogP contribution in [0.5, 0.6) is 5.75 Å². The maximum absolute atomic E-state index is 13.3. The fraction of sp³-hybridized carbons (Fsp3) is 0.440. The summed E-state index contributed by atoms with van der Waals surface area (Å²) in [4.78, 5) is 16.8. The summed E-state index contributed by atoms with van der Waals surface area (Å²) in [6.07, 6.45) is 1.14. The van der Waals surface area contributed by atoms with E-state index in [1.807, 2.05) is 12.1 Å². The Bertz CT molecular complexity index is 1010. The molecule has 1 amide bonds. The number of carbonyl (C=O) groups excluding carboxylic acids is 1. The van der Waals surface area contributed by atoms with Crippen LogP contribution in [-0.2, 0) is 4.74 Å². The van der Waals surface area contributed by atoms with Crippen LogP contribution in [0.1, 0.15) is 22.3 Å². The first-order valence-electron chi connectivity index (χ1n) is 11.5. The molecule has 2 aliphatic heterocycles. The van der Waals surface area contributed by atoms with Crippen LogP contribution in [0, 0.1) is 23.0 Å². The van der Waals surface area contributed by atoms with E-state index in [4.69, 9.17) is 14.7 Å². The van der Waals surface area contributed by atoms with Gasteiger partial charge in [-0.05, 0) is 48.9 Å². The van der Waals surface area contributed by atoms with Gasteiger partial charge in [0.05, 0.1) is 30.4 Å². The molecule has 180 valence electrons. The molecule has 0 spiro atoms. The van der Waals surface area contributed by atoms with Crippen LogP contribution in [0.2, 0.25) is 0 Å². The smallest absolute Gasteiger partial charge is 0.251 e. The quantitative estimate of drug-likeness (QED) is 0.568. The maximum Gasteiger partial charge on any atom is 0.251 e. The second kappa shape index (κ2) is 11.4. The fourth-order valence-electron chi connectivity index (χ4n) is 4.40. The number of fused-ring (bicyclic) bond motifs is 2. The van der Waals surface area contributed by atoms with Crippen LogP contribution in [0.3, 0.4) is 0 Å². The predicted octanol–water partition coefficient (Wildman–Crippen LogP) is 2.42. The van der Waals surface area contributed by atoms with E-state index in [-0.39, 0.29) is 17.8 Å². The van der Waals surface area contributed by atoms with Gasteiger partial charge in [-0.15, -0.1) is 0 Å². The number of rotatable bonds is 9. The van der Waals surface area contributed by atoms with E-state index in [9.17, 15) is 13.6 Å². The summed E-state index contributed by atoms with van der Waals surface area (Å²) >= 11 is 0. The zero-order valence-electron chi connectivity index (χ0n) is 18.9. The average molecular weight is 471 g/mol. The Morgan fingerprint density at radius 1 is 1.03 bits per heavy atom. The van der Waals surface area contributed by atoms with Gasteiger partial charge in [0.2, 0.25) is 0 Å². The number of halogens is 2. The summed E-state index contributed by atoms with van der Waals surface area (Å²) in [7, 11) is 0. The summed E-state index contributed by atoms with van der Waals surface area (Å²) < 4.78 is 38.2. The molecule has 2 atom stereocenters. The van der Waals surface area contributed by atoms with Crippen LogP contribution < -0.4 is 10.1 Å². The van der Waals surface area contributed by atoms with E-state index in [2.05, 4.69) is 21.2 Å². The minimum absolute atomic E-state index is 0.108. The Morgan fingerprint density at radius 2 is 1.71 bits per heavy atom. The van der Waals surface area contributed by atoms with Crippen LogP contribution in [0.4, 0.5) is 8.78 Å². The largest absolute Gasteiger partial charge is 0.494 e. The highest BCUT2D eigenvalue weighted by Crippen LogP contribution is 2.19. The Morgan fingerprint density at radius 3 is 2.35 bits per heavy atom. The van der Waals surface area contributed by atoms with Crippen molar-refractivity contribution in [3.63, 3.8) is 0 Å². The summed E-state index contributed by atoms with van der Waals surface area (Å²) in [5.41, 5.74) is 0.725. The van der Waals surface area contributed by atoms with E-state index < -0.39 is 17.5 Å². The molecule has 2 fully saturated rings. The van der Waals surface area contributed by atoms with Crippen molar-refractivity contribution in [2.75, 3.05) is 52.4 Å². The number of nitrogens with one attached hydrogen (secondary N) is 1. The Hall–Kier alpha value is -3.06. The van der Waals surface area contributed by atoms with Gasteiger partial charge in [-0.1, -0.05) is 0 Å². The molecule has 2 heterocycles. The molecule has 2 aromatic carbocycles. The molecule has 2 aliphatic rings. The number of benzene rings is 2. The van der Waals surface area contributed by atoms with Crippen molar-refractivity contribution in [3.05, 3.63) is 65.2 Å². The van der Waals surface area contributed by atoms with Gasteiger partial charge in [-0.2, -0.15) is 5.26 Å². The lowest BCUT2D eigenvalue weighted by Crippen LogP contribution is -2.60. The Balaban J connectivity index is 1.14. The minimum atomic E-state index is -1.03. The molecule has 34 heavy (non-hydrogen) atoms. The van der Waals surface area contributed by atoms with Crippen molar-refractivity contribution in [3.8, 4) is 11.8 Å². The normalized spacial score (nSPS) is 20.5. The van der Waals surface area contributed by atoms with Crippen LogP contribution in [0.25, 0.3) is 0 Å². The summed E-state index contributed by atoms with van der Waals surface area (Å²) in [6.45, 7) is 5.92. The average Bonchev–Trinajstić information content (AvgIpc) is 2.83. The van der Waals surface area contributed by atoms with Crippen LogP contribution >= 0.6 is 0 Å². The van der Waals surface area contributed by atoms with Crippen molar-refractivity contribution in [2.24, 2.45) is 0 Å². The highest BCUT2D eigenvalue weighted by Gasteiger charge is 2.34. The van der Waals surface area contributed by atoms with E-state index in [1.165, 1.54) is 6.07 Å². The van der Waals surface area contributed by atoms with Gasteiger partial charge < -0.3 is 14.8 Å². The summed E-state index contributed by atoms with van der Waals surface area (Å²) in [5.74, 6) is -1.64. The number of nitrogens with zero attached hydrogens (tertiary/aromatic N) is 3. The molecule has 2 saturated heterocycles. The molecule has 2 bridgehead atoms. The van der Waals surface area contributed by atoms with Gasteiger partial charge in [0.25, 0.3) is 5.91 Å². The first-order chi connectivity index (χ1) is 16.5. The van der Waals surface area contributed by atoms with Crippen LogP contribution in [0.15, 0.2) is 42.5 Å². The third kappa shape index (κ3) is 6.50. The van der Waals surface area contributed by atoms with Gasteiger partial charge in [0.1, 0.15) is 5.75 Å². The predicted molar refractivity (Wildman–Crippen MR) is 122 cm³/mol. The van der Waals surface area contributed by atoms with E-state index >= 15 is 0 Å². The van der Waals surface area contributed by atoms with E-state index in [1.54, 1.807) is 12.1 Å². The second-order valence-corrected chi connectivity index (χ2v) is 8.62. The molecule has 1 N–H and O–H groups in total. The van der Waals surface area contributed by atoms with Crippen molar-refractivity contribution < 1.29 is 23.0 Å².